The Kier molecular flexibility index (Phi) is 7.92. The Balaban J connectivity index is 2.78. The average molecular weight is 325 g/mol. The Bertz CT molecular complexity index is 442. The fourth-order valence-corrected chi connectivity index (χ4v) is 2.49. The van der Waals surface area contributed by atoms with Crippen LogP contribution in [0.5, 0.6) is 0 Å². The minimum absolute atomic E-state index is 0.185. The Labute approximate surface area is 139 Å². The molecule has 0 spiro atoms. The summed E-state index contributed by atoms with van der Waals surface area (Å²) >= 11 is 0. The van der Waals surface area contributed by atoms with E-state index in [4.69, 9.17) is 9.47 Å². The summed E-state index contributed by atoms with van der Waals surface area (Å²) in [6, 6.07) is 0. The van der Waals surface area contributed by atoms with Gasteiger partial charge >= 0.3 is 0 Å². The van der Waals surface area contributed by atoms with Crippen LogP contribution in [0.15, 0.2) is 23.9 Å². The molecule has 0 fully saturated rings. The number of rotatable bonds is 10. The molecule has 0 aromatic carbocycles. The number of nitro groups is 1. The SMILES string of the molecule is CC(C)CCOCC1(OCCC(C)C)C=CC=C([N+](=O)[O-])C1C. The largest absolute Gasteiger partial charge is 0.378 e. The van der Waals surface area contributed by atoms with Crippen molar-refractivity contribution in [2.75, 3.05) is 19.8 Å². The van der Waals surface area contributed by atoms with Crippen LogP contribution in [0.2, 0.25) is 0 Å². The predicted molar refractivity (Wildman–Crippen MR) is 91.8 cm³/mol. The van der Waals surface area contributed by atoms with Crippen molar-refractivity contribution in [1.82, 2.24) is 0 Å². The molecule has 5 nitrogen and oxygen atoms in total. The lowest BCUT2D eigenvalue weighted by Gasteiger charge is -2.36. The van der Waals surface area contributed by atoms with Gasteiger partial charge in [0.05, 0.1) is 17.4 Å². The van der Waals surface area contributed by atoms with Crippen molar-refractivity contribution in [1.29, 1.82) is 0 Å². The minimum Gasteiger partial charge on any atom is -0.378 e. The number of nitrogens with zero attached hydrogens (tertiary/aromatic N) is 1. The van der Waals surface area contributed by atoms with Gasteiger partial charge in [-0.25, -0.2) is 0 Å². The van der Waals surface area contributed by atoms with E-state index in [0.717, 1.165) is 12.8 Å². The lowest BCUT2D eigenvalue weighted by atomic mass is 9.83. The lowest BCUT2D eigenvalue weighted by Crippen LogP contribution is -2.46. The third kappa shape index (κ3) is 6.07. The molecular weight excluding hydrogens is 294 g/mol. The quantitative estimate of drug-likeness (QED) is 0.343. The maximum atomic E-state index is 11.3. The van der Waals surface area contributed by atoms with Gasteiger partial charge < -0.3 is 9.47 Å². The zero-order valence-corrected chi connectivity index (χ0v) is 15.1. The summed E-state index contributed by atoms with van der Waals surface area (Å²) in [5, 5.41) is 11.3. The van der Waals surface area contributed by atoms with Crippen molar-refractivity contribution in [2.45, 2.75) is 53.1 Å². The van der Waals surface area contributed by atoms with Crippen molar-refractivity contribution in [3.63, 3.8) is 0 Å². The Hall–Kier alpha value is -1.20. The highest BCUT2D eigenvalue weighted by Crippen LogP contribution is 2.34. The fourth-order valence-electron chi connectivity index (χ4n) is 2.49. The van der Waals surface area contributed by atoms with Gasteiger partial charge in [-0.3, -0.25) is 10.1 Å². The topological polar surface area (TPSA) is 61.6 Å². The van der Waals surface area contributed by atoms with Crippen LogP contribution < -0.4 is 0 Å². The third-order valence-electron chi connectivity index (χ3n) is 4.27. The molecule has 0 N–H and O–H groups in total. The molecule has 2 atom stereocenters. The number of hydrogen-bond donors (Lipinski definition) is 0. The molecule has 0 saturated carbocycles. The molecule has 0 bridgehead atoms. The highest BCUT2D eigenvalue weighted by Gasteiger charge is 2.43. The molecule has 1 rings (SSSR count). The van der Waals surface area contributed by atoms with Gasteiger partial charge in [-0.2, -0.15) is 0 Å². The molecule has 0 amide bonds. The summed E-state index contributed by atoms with van der Waals surface area (Å²) in [6.45, 7) is 12.0. The molecule has 0 heterocycles. The van der Waals surface area contributed by atoms with E-state index in [1.807, 2.05) is 13.0 Å². The minimum atomic E-state index is -0.747. The predicted octanol–water partition coefficient (Wildman–Crippen LogP) is 4.22. The van der Waals surface area contributed by atoms with E-state index in [-0.39, 0.29) is 16.5 Å². The van der Waals surface area contributed by atoms with Gasteiger partial charge in [0.1, 0.15) is 5.60 Å². The van der Waals surface area contributed by atoms with Gasteiger partial charge in [-0.1, -0.05) is 33.8 Å². The van der Waals surface area contributed by atoms with E-state index < -0.39 is 5.60 Å². The normalized spacial score (nSPS) is 24.3. The Morgan fingerprint density at radius 2 is 1.83 bits per heavy atom. The smallest absolute Gasteiger partial charge is 0.252 e. The van der Waals surface area contributed by atoms with E-state index in [0.29, 0.717) is 31.7 Å². The van der Waals surface area contributed by atoms with Gasteiger partial charge in [0, 0.05) is 19.3 Å². The molecule has 0 radical (unpaired) electrons. The first kappa shape index (κ1) is 19.8. The van der Waals surface area contributed by atoms with Crippen molar-refractivity contribution < 1.29 is 14.4 Å². The van der Waals surface area contributed by atoms with Crippen molar-refractivity contribution in [3.8, 4) is 0 Å². The van der Waals surface area contributed by atoms with Crippen LogP contribution >= 0.6 is 0 Å². The van der Waals surface area contributed by atoms with E-state index in [9.17, 15) is 10.1 Å². The Morgan fingerprint density at radius 3 is 2.39 bits per heavy atom. The molecule has 0 aliphatic heterocycles. The number of allylic oxidation sites excluding steroid dienone is 2. The van der Waals surface area contributed by atoms with Gasteiger partial charge in [-0.05, 0) is 37.7 Å². The average Bonchev–Trinajstić information content (AvgIpc) is 2.45. The molecule has 2 unspecified atom stereocenters. The molecule has 0 aromatic heterocycles. The molecule has 1 aliphatic carbocycles. The summed E-state index contributed by atoms with van der Waals surface area (Å²) < 4.78 is 11.9. The van der Waals surface area contributed by atoms with Crippen LogP contribution in [-0.2, 0) is 9.47 Å². The van der Waals surface area contributed by atoms with Crippen molar-refractivity contribution in [3.05, 3.63) is 34.0 Å². The molecule has 132 valence electrons. The first-order valence-electron chi connectivity index (χ1n) is 8.54. The first-order chi connectivity index (χ1) is 10.8. The summed E-state index contributed by atoms with van der Waals surface area (Å²) in [7, 11) is 0. The van der Waals surface area contributed by atoms with Gasteiger partial charge in [-0.15, -0.1) is 0 Å². The standard InChI is InChI=1S/C18H31NO4/c1-14(2)8-11-22-13-18(23-12-9-15(3)4)10-6-7-17(16(18)5)19(20)21/h6-7,10,14-16H,8-9,11-13H2,1-5H3. The molecule has 0 saturated heterocycles. The van der Waals surface area contributed by atoms with E-state index in [1.165, 1.54) is 0 Å². The fraction of sp³-hybridized carbons (Fsp3) is 0.778. The summed E-state index contributed by atoms with van der Waals surface area (Å²) in [5.74, 6) is 0.761. The molecule has 0 aromatic rings. The summed E-state index contributed by atoms with van der Waals surface area (Å²) in [6.07, 6.45) is 7.09. The number of ether oxygens (including phenoxy) is 2. The third-order valence-corrected chi connectivity index (χ3v) is 4.27. The second-order valence-corrected chi connectivity index (χ2v) is 7.15. The summed E-state index contributed by atoms with van der Waals surface area (Å²) in [4.78, 5) is 10.9. The van der Waals surface area contributed by atoms with Crippen LogP contribution in [0.25, 0.3) is 0 Å². The van der Waals surface area contributed by atoms with Crippen LogP contribution in [0.1, 0.15) is 47.5 Å². The van der Waals surface area contributed by atoms with Crippen LogP contribution in [-0.4, -0.2) is 30.3 Å². The second-order valence-electron chi connectivity index (χ2n) is 7.15. The van der Waals surface area contributed by atoms with Crippen LogP contribution in [0.4, 0.5) is 0 Å². The van der Waals surface area contributed by atoms with Gasteiger partial charge in [0.25, 0.3) is 5.70 Å². The molecule has 1 aliphatic rings. The second kappa shape index (κ2) is 9.18. The van der Waals surface area contributed by atoms with E-state index >= 15 is 0 Å². The zero-order valence-electron chi connectivity index (χ0n) is 15.1. The lowest BCUT2D eigenvalue weighted by molar-refractivity contribution is -0.438. The van der Waals surface area contributed by atoms with E-state index in [2.05, 4.69) is 27.7 Å². The van der Waals surface area contributed by atoms with Crippen LogP contribution in [0.3, 0.4) is 0 Å². The van der Waals surface area contributed by atoms with Crippen molar-refractivity contribution >= 4 is 0 Å². The highest BCUT2D eigenvalue weighted by molar-refractivity contribution is 5.25. The maximum Gasteiger partial charge on any atom is 0.252 e. The van der Waals surface area contributed by atoms with E-state index in [1.54, 1.807) is 12.2 Å². The van der Waals surface area contributed by atoms with Crippen LogP contribution in [0, 0.1) is 27.9 Å². The van der Waals surface area contributed by atoms with Gasteiger partial charge in [0.2, 0.25) is 0 Å². The molecule has 5 heteroatoms. The van der Waals surface area contributed by atoms with Crippen molar-refractivity contribution in [2.24, 2.45) is 17.8 Å². The first-order valence-corrected chi connectivity index (χ1v) is 8.54. The number of hydrogen-bond acceptors (Lipinski definition) is 4. The molecule has 23 heavy (non-hydrogen) atoms. The summed E-state index contributed by atoms with van der Waals surface area (Å²) in [5.41, 5.74) is -0.562. The molecular formula is C18H31NO4. The highest BCUT2D eigenvalue weighted by atomic mass is 16.6. The Morgan fingerprint density at radius 1 is 1.22 bits per heavy atom. The maximum absolute atomic E-state index is 11.3. The van der Waals surface area contributed by atoms with Gasteiger partial charge in [0.15, 0.2) is 0 Å². The zero-order chi connectivity index (χ0) is 17.5. The monoisotopic (exact) mass is 325 g/mol.